The number of nitrogens with zero attached hydrogens (tertiary/aromatic N) is 1. The second-order valence-corrected chi connectivity index (χ2v) is 6.18. The molecular weight excluding hydrogens is 362 g/mol. The van der Waals surface area contributed by atoms with E-state index >= 15 is 0 Å². The minimum atomic E-state index is 0.728. The van der Waals surface area contributed by atoms with Crippen LogP contribution in [-0.2, 0) is 0 Å². The van der Waals surface area contributed by atoms with Crippen molar-refractivity contribution in [2.24, 2.45) is 0 Å². The van der Waals surface area contributed by atoms with Crippen LogP contribution in [0.1, 0.15) is 6.42 Å². The van der Waals surface area contributed by atoms with E-state index in [0.717, 1.165) is 41.2 Å². The van der Waals surface area contributed by atoms with E-state index in [1.165, 1.54) is 0 Å². The summed E-state index contributed by atoms with van der Waals surface area (Å²) in [6.07, 6.45) is 1.00. The Kier molecular flexibility index (Phi) is 5.91. The van der Waals surface area contributed by atoms with Gasteiger partial charge in [-0.2, -0.15) is 0 Å². The van der Waals surface area contributed by atoms with Gasteiger partial charge in [0.05, 0.1) is 6.61 Å². The molecule has 0 N–H and O–H groups in total. The zero-order chi connectivity index (χ0) is 16.6. The molecule has 2 nitrogen and oxygen atoms in total. The first kappa shape index (κ1) is 16.6. The van der Waals surface area contributed by atoms with E-state index in [2.05, 4.69) is 81.5 Å². The highest BCUT2D eigenvalue weighted by Gasteiger charge is 2.11. The van der Waals surface area contributed by atoms with Gasteiger partial charge in [0.1, 0.15) is 5.75 Å². The molecule has 0 aromatic heterocycles. The Morgan fingerprint density at radius 3 is 1.67 bits per heavy atom. The van der Waals surface area contributed by atoms with E-state index in [9.17, 15) is 0 Å². The van der Waals surface area contributed by atoms with Gasteiger partial charge >= 0.3 is 0 Å². The molecule has 0 saturated carbocycles. The molecule has 0 saturated heterocycles. The molecule has 0 bridgehead atoms. The summed E-state index contributed by atoms with van der Waals surface area (Å²) in [4.78, 5) is 2.24. The Balaban J connectivity index is 1.89. The molecule has 0 unspecified atom stereocenters. The number of para-hydroxylation sites is 2. The van der Waals surface area contributed by atoms with Gasteiger partial charge < -0.3 is 9.64 Å². The van der Waals surface area contributed by atoms with Crippen LogP contribution in [0.15, 0.2) is 84.9 Å². The number of hydrogen-bond acceptors (Lipinski definition) is 2. The van der Waals surface area contributed by atoms with Crippen LogP contribution in [0.5, 0.6) is 5.75 Å². The van der Waals surface area contributed by atoms with Gasteiger partial charge in [0.25, 0.3) is 0 Å². The third kappa shape index (κ3) is 4.18. The first-order chi connectivity index (χ1) is 11.9. The van der Waals surface area contributed by atoms with Crippen molar-refractivity contribution in [3.8, 4) is 5.75 Å². The summed E-state index contributed by atoms with van der Waals surface area (Å²) in [6.45, 7) is 0.728. The fourth-order valence-electron chi connectivity index (χ4n) is 2.54. The highest BCUT2D eigenvalue weighted by atomic mass is 79.9. The number of rotatable bonds is 7. The Morgan fingerprint density at radius 2 is 1.17 bits per heavy atom. The molecule has 3 aromatic rings. The number of hydrogen-bond donors (Lipinski definition) is 0. The average molecular weight is 382 g/mol. The highest BCUT2D eigenvalue weighted by Crippen LogP contribution is 2.34. The molecule has 122 valence electrons. The number of alkyl halides is 1. The molecule has 0 atom stereocenters. The lowest BCUT2D eigenvalue weighted by atomic mass is 10.2. The third-order valence-corrected chi connectivity index (χ3v) is 4.23. The summed E-state index contributed by atoms with van der Waals surface area (Å²) in [5.41, 5.74) is 3.38. The molecule has 3 aromatic carbocycles. The van der Waals surface area contributed by atoms with Gasteiger partial charge in [0.2, 0.25) is 0 Å². The normalized spacial score (nSPS) is 10.4. The van der Waals surface area contributed by atoms with Crippen LogP contribution in [0.2, 0.25) is 0 Å². The number of benzene rings is 3. The lowest BCUT2D eigenvalue weighted by Gasteiger charge is -2.25. The molecule has 0 spiro atoms. The molecule has 0 amide bonds. The van der Waals surface area contributed by atoms with E-state index in [1.54, 1.807) is 0 Å². The summed E-state index contributed by atoms with van der Waals surface area (Å²) in [5.74, 6) is 0.903. The average Bonchev–Trinajstić information content (AvgIpc) is 2.65. The predicted molar refractivity (Wildman–Crippen MR) is 105 cm³/mol. The Hall–Kier alpha value is -2.26. The van der Waals surface area contributed by atoms with E-state index in [1.807, 2.05) is 24.3 Å². The van der Waals surface area contributed by atoms with Gasteiger partial charge in [-0.05, 0) is 55.0 Å². The largest absolute Gasteiger partial charge is 0.494 e. The summed E-state index contributed by atoms with van der Waals surface area (Å²) in [7, 11) is 0. The molecule has 24 heavy (non-hydrogen) atoms. The first-order valence-electron chi connectivity index (χ1n) is 8.07. The number of halogens is 1. The van der Waals surface area contributed by atoms with Crippen molar-refractivity contribution in [2.75, 3.05) is 16.8 Å². The number of ether oxygens (including phenoxy) is 1. The topological polar surface area (TPSA) is 12.5 Å². The van der Waals surface area contributed by atoms with Crippen LogP contribution in [0, 0.1) is 0 Å². The van der Waals surface area contributed by atoms with Gasteiger partial charge in [0, 0.05) is 22.4 Å². The van der Waals surface area contributed by atoms with Crippen molar-refractivity contribution in [1.29, 1.82) is 0 Å². The number of anilines is 3. The summed E-state index contributed by atoms with van der Waals surface area (Å²) < 4.78 is 5.74. The minimum Gasteiger partial charge on any atom is -0.494 e. The van der Waals surface area contributed by atoms with Crippen molar-refractivity contribution in [2.45, 2.75) is 6.42 Å². The van der Waals surface area contributed by atoms with Crippen LogP contribution in [0.25, 0.3) is 0 Å². The van der Waals surface area contributed by atoms with Crippen molar-refractivity contribution < 1.29 is 4.74 Å². The maximum atomic E-state index is 5.74. The summed E-state index contributed by atoms with van der Waals surface area (Å²) >= 11 is 3.42. The van der Waals surface area contributed by atoms with Crippen LogP contribution in [0.4, 0.5) is 17.1 Å². The first-order valence-corrected chi connectivity index (χ1v) is 9.20. The molecule has 0 aliphatic rings. The van der Waals surface area contributed by atoms with Crippen molar-refractivity contribution in [3.63, 3.8) is 0 Å². The molecule has 0 aliphatic heterocycles. The van der Waals surface area contributed by atoms with Crippen LogP contribution in [-0.4, -0.2) is 11.9 Å². The zero-order valence-electron chi connectivity index (χ0n) is 13.4. The standard InChI is InChI=1S/C21H20BrNO/c22-16-7-17-24-21-14-12-20(13-15-21)23(18-8-3-1-4-9-18)19-10-5-2-6-11-19/h1-6,8-15H,7,16-17H2. The highest BCUT2D eigenvalue weighted by molar-refractivity contribution is 9.09. The van der Waals surface area contributed by atoms with Gasteiger partial charge in [-0.3, -0.25) is 0 Å². The lowest BCUT2D eigenvalue weighted by Crippen LogP contribution is -2.09. The molecule has 0 radical (unpaired) electrons. The third-order valence-electron chi connectivity index (χ3n) is 3.67. The van der Waals surface area contributed by atoms with Crippen molar-refractivity contribution >= 4 is 33.0 Å². The fourth-order valence-corrected chi connectivity index (χ4v) is 2.77. The second-order valence-electron chi connectivity index (χ2n) is 5.39. The van der Waals surface area contributed by atoms with E-state index in [4.69, 9.17) is 4.74 Å². The molecule has 3 rings (SSSR count). The molecule has 0 aliphatic carbocycles. The Bertz CT molecular complexity index is 689. The maximum Gasteiger partial charge on any atom is 0.119 e. The van der Waals surface area contributed by atoms with E-state index < -0.39 is 0 Å². The summed E-state index contributed by atoms with van der Waals surface area (Å²) in [5, 5.41) is 0.959. The minimum absolute atomic E-state index is 0.728. The zero-order valence-corrected chi connectivity index (χ0v) is 15.0. The van der Waals surface area contributed by atoms with Gasteiger partial charge in [-0.15, -0.1) is 0 Å². The smallest absolute Gasteiger partial charge is 0.119 e. The fraction of sp³-hybridized carbons (Fsp3) is 0.143. The quantitative estimate of drug-likeness (QED) is 0.350. The van der Waals surface area contributed by atoms with E-state index in [-0.39, 0.29) is 0 Å². The van der Waals surface area contributed by atoms with Crippen molar-refractivity contribution in [3.05, 3.63) is 84.9 Å². The molecule has 0 heterocycles. The second kappa shape index (κ2) is 8.55. The van der Waals surface area contributed by atoms with E-state index in [0.29, 0.717) is 0 Å². The molecule has 3 heteroatoms. The monoisotopic (exact) mass is 381 g/mol. The Morgan fingerprint density at radius 1 is 0.667 bits per heavy atom. The SMILES string of the molecule is BrCCCOc1ccc(N(c2ccccc2)c2ccccc2)cc1. The van der Waals surface area contributed by atoms with Crippen LogP contribution >= 0.6 is 15.9 Å². The molecular formula is C21H20BrNO. The maximum absolute atomic E-state index is 5.74. The summed E-state index contributed by atoms with van der Waals surface area (Å²) in [6, 6.07) is 29.0. The Labute approximate surface area is 151 Å². The van der Waals surface area contributed by atoms with Crippen LogP contribution < -0.4 is 9.64 Å². The van der Waals surface area contributed by atoms with Gasteiger partial charge in [-0.25, -0.2) is 0 Å². The van der Waals surface area contributed by atoms with Gasteiger partial charge in [0.15, 0.2) is 0 Å². The predicted octanol–water partition coefficient (Wildman–Crippen LogP) is 6.32. The molecule has 0 fully saturated rings. The van der Waals surface area contributed by atoms with Crippen LogP contribution in [0.3, 0.4) is 0 Å². The van der Waals surface area contributed by atoms with Crippen molar-refractivity contribution in [1.82, 2.24) is 0 Å². The lowest BCUT2D eigenvalue weighted by molar-refractivity contribution is 0.319. The van der Waals surface area contributed by atoms with Gasteiger partial charge in [-0.1, -0.05) is 52.3 Å².